The first-order valence-corrected chi connectivity index (χ1v) is 9.44. The Labute approximate surface area is 165 Å². The van der Waals surface area contributed by atoms with Crippen LogP contribution in [0.1, 0.15) is 27.8 Å². The first-order valence-electron chi connectivity index (χ1n) is 8.65. The van der Waals surface area contributed by atoms with Gasteiger partial charge in [0.15, 0.2) is 0 Å². The van der Waals surface area contributed by atoms with Crippen LogP contribution in [-0.2, 0) is 27.4 Å². The van der Waals surface area contributed by atoms with Gasteiger partial charge in [-0.25, -0.2) is 9.78 Å². The van der Waals surface area contributed by atoms with E-state index < -0.39 is 0 Å². The largest absolute Gasteiger partial charge is 0.465 e. The predicted molar refractivity (Wildman–Crippen MR) is 104 cm³/mol. The van der Waals surface area contributed by atoms with Gasteiger partial charge in [-0.05, 0) is 33.6 Å². The Morgan fingerprint density at radius 3 is 2.93 bits per heavy atom. The van der Waals surface area contributed by atoms with E-state index >= 15 is 0 Å². The van der Waals surface area contributed by atoms with E-state index in [2.05, 4.69) is 25.5 Å². The van der Waals surface area contributed by atoms with E-state index in [9.17, 15) is 4.79 Å². The molecule has 140 valence electrons. The van der Waals surface area contributed by atoms with E-state index in [0.717, 1.165) is 26.9 Å². The smallest absolute Gasteiger partial charge is 0.337 e. The minimum Gasteiger partial charge on any atom is -0.465 e. The maximum atomic E-state index is 11.9. The van der Waals surface area contributed by atoms with Crippen molar-refractivity contribution < 1.29 is 19.0 Å². The third-order valence-electron chi connectivity index (χ3n) is 4.56. The fourth-order valence-corrected chi connectivity index (χ4v) is 3.97. The van der Waals surface area contributed by atoms with Gasteiger partial charge in [-0.3, -0.25) is 0 Å². The Morgan fingerprint density at radius 2 is 2.15 bits per heavy atom. The highest BCUT2D eigenvalue weighted by Gasteiger charge is 2.26. The second kappa shape index (κ2) is 7.80. The Bertz CT molecular complexity index is 971. The lowest BCUT2D eigenvalue weighted by Crippen LogP contribution is -2.27. The second-order valence-electron chi connectivity index (χ2n) is 6.39. The Balaban J connectivity index is 1.61. The number of rotatable bonds is 5. The van der Waals surface area contributed by atoms with Crippen molar-refractivity contribution in [3.05, 3.63) is 63.9 Å². The summed E-state index contributed by atoms with van der Waals surface area (Å²) < 4.78 is 19.4. The number of methoxy groups -OCH3 is 1. The molecule has 3 aromatic rings. The fraction of sp³-hybridized carbons (Fsp3) is 0.300. The van der Waals surface area contributed by atoms with Crippen LogP contribution in [0.5, 0.6) is 0 Å². The highest BCUT2D eigenvalue weighted by molar-refractivity contribution is 9.10. The minimum absolute atomic E-state index is 0.0164. The van der Waals surface area contributed by atoms with Gasteiger partial charge in [0.05, 0.1) is 49.6 Å². The molecule has 27 heavy (non-hydrogen) atoms. The molecule has 6 nitrogen and oxygen atoms in total. The van der Waals surface area contributed by atoms with Crippen LogP contribution in [0, 0.1) is 0 Å². The number of fused-ring (bicyclic) bond motifs is 3. The number of halogens is 1. The average molecular weight is 431 g/mol. The predicted octanol–water partition coefficient (Wildman–Crippen LogP) is 3.87. The highest BCUT2D eigenvalue weighted by atomic mass is 79.9. The van der Waals surface area contributed by atoms with Crippen LogP contribution in [0.15, 0.2) is 46.9 Å². The van der Waals surface area contributed by atoms with E-state index in [1.165, 1.54) is 7.11 Å². The molecule has 0 bridgehead atoms. The molecule has 7 heteroatoms. The lowest BCUT2D eigenvalue weighted by molar-refractivity contribution is 0.00831. The number of carbonyl (C=O) groups excluding carboxylic acids is 1. The molecule has 4 rings (SSSR count). The van der Waals surface area contributed by atoms with Gasteiger partial charge in [0.25, 0.3) is 0 Å². The monoisotopic (exact) mass is 430 g/mol. The number of imidazole rings is 1. The Morgan fingerprint density at radius 1 is 1.33 bits per heavy atom. The minimum atomic E-state index is -0.387. The molecule has 0 N–H and O–H groups in total. The van der Waals surface area contributed by atoms with Gasteiger partial charge in [0.1, 0.15) is 12.4 Å². The average Bonchev–Trinajstić information content (AvgIpc) is 3.08. The number of nitrogens with zero attached hydrogens (tertiary/aromatic N) is 2. The molecule has 0 amide bonds. The molecule has 0 aliphatic carbocycles. The van der Waals surface area contributed by atoms with E-state index in [1.807, 2.05) is 30.3 Å². The summed E-state index contributed by atoms with van der Waals surface area (Å²) in [6.07, 6.45) is 0. The van der Waals surface area contributed by atoms with Crippen molar-refractivity contribution in [2.24, 2.45) is 0 Å². The molecular formula is C20H19BrN2O4. The summed E-state index contributed by atoms with van der Waals surface area (Å²) in [6.45, 7) is 2.05. The van der Waals surface area contributed by atoms with Crippen LogP contribution in [-0.4, -0.2) is 35.8 Å². The molecule has 1 aliphatic rings. The van der Waals surface area contributed by atoms with Gasteiger partial charge in [0.2, 0.25) is 0 Å². The van der Waals surface area contributed by atoms with Crippen LogP contribution in [0.4, 0.5) is 0 Å². The maximum absolute atomic E-state index is 11.9. The number of aromatic nitrogens is 2. The third-order valence-corrected chi connectivity index (χ3v) is 5.17. The summed E-state index contributed by atoms with van der Waals surface area (Å²) >= 11 is 3.59. The van der Waals surface area contributed by atoms with E-state index in [0.29, 0.717) is 32.0 Å². The molecule has 1 aromatic heterocycles. The first kappa shape index (κ1) is 18.2. The van der Waals surface area contributed by atoms with Crippen LogP contribution in [0.25, 0.3) is 11.0 Å². The van der Waals surface area contributed by atoms with Crippen LogP contribution in [0.3, 0.4) is 0 Å². The molecule has 0 radical (unpaired) electrons. The molecule has 2 aromatic carbocycles. The summed E-state index contributed by atoms with van der Waals surface area (Å²) in [7, 11) is 1.37. The van der Waals surface area contributed by atoms with Gasteiger partial charge in [-0.2, -0.15) is 0 Å². The standard InChI is InChI=1S/C20H19BrN2O4/c1-25-20(24)14-7-16(21)19-17(8-14)22-18-12-27-11-15(23(18)19)10-26-9-13-5-3-2-4-6-13/h2-8,15H,9-12H2,1H3. The summed E-state index contributed by atoms with van der Waals surface area (Å²) in [5.41, 5.74) is 3.27. The molecule has 1 atom stereocenters. The third kappa shape index (κ3) is 3.63. The topological polar surface area (TPSA) is 62.6 Å². The fourth-order valence-electron chi connectivity index (χ4n) is 3.33. The molecule has 0 spiro atoms. The Hall–Kier alpha value is -2.22. The molecule has 1 unspecified atom stereocenters. The SMILES string of the molecule is COC(=O)c1cc(Br)c2c(c1)nc1n2C(COCc2ccccc2)COC1. The number of benzene rings is 2. The maximum Gasteiger partial charge on any atom is 0.337 e. The van der Waals surface area contributed by atoms with Crippen molar-refractivity contribution in [3.8, 4) is 0 Å². The number of carbonyl (C=O) groups is 1. The molecule has 1 aliphatic heterocycles. The van der Waals surface area contributed by atoms with Crippen molar-refractivity contribution >= 4 is 32.9 Å². The quantitative estimate of drug-likeness (QED) is 0.574. The summed E-state index contributed by atoms with van der Waals surface area (Å²) in [5.74, 6) is 0.440. The van der Waals surface area contributed by atoms with Crippen LogP contribution < -0.4 is 0 Å². The van der Waals surface area contributed by atoms with Crippen molar-refractivity contribution in [2.75, 3.05) is 20.3 Å². The Kier molecular flexibility index (Phi) is 5.24. The van der Waals surface area contributed by atoms with Gasteiger partial charge in [0, 0.05) is 4.47 Å². The van der Waals surface area contributed by atoms with E-state index in [1.54, 1.807) is 12.1 Å². The number of esters is 1. The molecule has 0 fully saturated rings. The van der Waals surface area contributed by atoms with Crippen LogP contribution >= 0.6 is 15.9 Å². The van der Waals surface area contributed by atoms with Crippen LogP contribution in [0.2, 0.25) is 0 Å². The van der Waals surface area contributed by atoms with Crippen molar-refractivity contribution in [1.29, 1.82) is 0 Å². The first-order chi connectivity index (χ1) is 13.2. The number of ether oxygens (including phenoxy) is 3. The number of hydrogen-bond acceptors (Lipinski definition) is 5. The van der Waals surface area contributed by atoms with Gasteiger partial charge in [-0.1, -0.05) is 30.3 Å². The van der Waals surface area contributed by atoms with Crippen molar-refractivity contribution in [2.45, 2.75) is 19.3 Å². The molecule has 0 saturated carbocycles. The number of hydrogen-bond donors (Lipinski definition) is 0. The van der Waals surface area contributed by atoms with E-state index in [4.69, 9.17) is 14.2 Å². The summed E-state index contributed by atoms with van der Waals surface area (Å²) in [4.78, 5) is 16.5. The van der Waals surface area contributed by atoms with Gasteiger partial charge in [-0.15, -0.1) is 0 Å². The highest BCUT2D eigenvalue weighted by Crippen LogP contribution is 2.32. The zero-order chi connectivity index (χ0) is 18.8. The zero-order valence-electron chi connectivity index (χ0n) is 14.9. The zero-order valence-corrected chi connectivity index (χ0v) is 16.4. The van der Waals surface area contributed by atoms with Gasteiger partial charge >= 0.3 is 5.97 Å². The van der Waals surface area contributed by atoms with Crippen molar-refractivity contribution in [3.63, 3.8) is 0 Å². The summed E-state index contributed by atoms with van der Waals surface area (Å²) in [6, 6.07) is 13.6. The molecular weight excluding hydrogens is 412 g/mol. The van der Waals surface area contributed by atoms with E-state index in [-0.39, 0.29) is 12.0 Å². The molecule has 2 heterocycles. The second-order valence-corrected chi connectivity index (χ2v) is 7.24. The van der Waals surface area contributed by atoms with Crippen molar-refractivity contribution in [1.82, 2.24) is 9.55 Å². The lowest BCUT2D eigenvalue weighted by atomic mass is 10.2. The molecule has 0 saturated heterocycles. The summed E-state index contributed by atoms with van der Waals surface area (Å²) in [5, 5.41) is 0. The normalized spacial score (nSPS) is 16.3. The lowest BCUT2D eigenvalue weighted by Gasteiger charge is -2.26. The van der Waals surface area contributed by atoms with Gasteiger partial charge < -0.3 is 18.8 Å².